The highest BCUT2D eigenvalue weighted by atomic mass is 14.7. The van der Waals surface area contributed by atoms with Gasteiger partial charge >= 0.3 is 0 Å². The molecule has 0 N–H and O–H groups in total. The van der Waals surface area contributed by atoms with Gasteiger partial charge in [-0.3, -0.25) is 0 Å². The molecule has 0 atom stereocenters. The number of aromatic nitrogens is 1. The normalized spacial score (nSPS) is 13.8. The molecule has 0 unspecified atom stereocenters. The molecule has 10 aromatic carbocycles. The Balaban J connectivity index is 0.996. The van der Waals surface area contributed by atoms with Gasteiger partial charge < -0.3 is 0 Å². The molecular weight excluding hydrogens is 819 g/mol. The Morgan fingerprint density at radius 3 is 0.926 bits per heavy atom. The maximum atomic E-state index is 5.57. The van der Waals surface area contributed by atoms with E-state index in [-0.39, 0.29) is 0 Å². The Labute approximate surface area is 397 Å². The number of hydrogen-bond donors (Lipinski definition) is 0. The van der Waals surface area contributed by atoms with Gasteiger partial charge in [-0.1, -0.05) is 243 Å². The Morgan fingerprint density at radius 2 is 0.485 bits per heavy atom. The van der Waals surface area contributed by atoms with E-state index in [2.05, 4.69) is 261 Å². The van der Waals surface area contributed by atoms with Crippen molar-refractivity contribution < 1.29 is 0 Å². The van der Waals surface area contributed by atoms with E-state index in [1.54, 1.807) is 0 Å². The molecule has 0 radical (unpaired) electrons. The van der Waals surface area contributed by atoms with Crippen LogP contribution in [0.25, 0.3) is 78.1 Å². The minimum atomic E-state index is -0.589. The maximum absolute atomic E-state index is 5.57. The Hall–Kier alpha value is -8.65. The van der Waals surface area contributed by atoms with Crippen molar-refractivity contribution in [1.82, 2.24) is 4.98 Å². The molecule has 0 saturated carbocycles. The van der Waals surface area contributed by atoms with Crippen LogP contribution in [0.5, 0.6) is 0 Å². The van der Waals surface area contributed by atoms with Crippen molar-refractivity contribution in [2.24, 2.45) is 0 Å². The standard InChI is InChI=1S/C67H43N/c1-3-17-44(18-4-1)46-31-33-48(34-32-46)51-42-64(49-37-35-47(36-38-49)45-19-5-2-6-20-45)68-65(43-51)50-39-40-55-54-23-9-12-26-58(54)67(63(55)41-50)61-29-15-13-27-59(61)66(60-28-14-16-30-62(60)67)56-24-10-7-21-52(56)53-22-8-11-25-57(53)66/h1-43H. The zero-order chi connectivity index (χ0) is 44.8. The second-order valence-corrected chi connectivity index (χ2v) is 18.5. The van der Waals surface area contributed by atoms with Crippen LogP contribution < -0.4 is 0 Å². The van der Waals surface area contributed by atoms with Crippen molar-refractivity contribution in [1.29, 1.82) is 0 Å². The third-order valence-electron chi connectivity index (χ3n) is 15.2. The summed E-state index contributed by atoms with van der Waals surface area (Å²) in [4.78, 5) is 5.57. The lowest BCUT2D eigenvalue weighted by Gasteiger charge is -2.48. The van der Waals surface area contributed by atoms with Crippen LogP contribution in [0.3, 0.4) is 0 Å². The minimum absolute atomic E-state index is 0.488. The third kappa shape index (κ3) is 5.42. The lowest BCUT2D eigenvalue weighted by molar-refractivity contribution is 0.633. The topological polar surface area (TPSA) is 12.9 Å². The molecule has 3 aliphatic carbocycles. The fraction of sp³-hybridized carbons (Fsp3) is 0.0299. The van der Waals surface area contributed by atoms with Gasteiger partial charge in [0.05, 0.1) is 22.2 Å². The number of hydrogen-bond acceptors (Lipinski definition) is 1. The molecule has 68 heavy (non-hydrogen) atoms. The number of rotatable bonds is 5. The van der Waals surface area contributed by atoms with Crippen LogP contribution in [0.2, 0.25) is 0 Å². The van der Waals surface area contributed by atoms with E-state index in [1.165, 1.54) is 89.0 Å². The fourth-order valence-corrected chi connectivity index (χ4v) is 12.3. The molecule has 0 amide bonds. The molecule has 1 nitrogen and oxygen atoms in total. The molecule has 2 spiro atoms. The van der Waals surface area contributed by atoms with Gasteiger partial charge in [0.1, 0.15) is 0 Å². The van der Waals surface area contributed by atoms with E-state index in [9.17, 15) is 0 Å². The van der Waals surface area contributed by atoms with Crippen LogP contribution in [0.15, 0.2) is 261 Å². The summed E-state index contributed by atoms with van der Waals surface area (Å²) in [5.41, 5.74) is 25.8. The summed E-state index contributed by atoms with van der Waals surface area (Å²) in [6, 6.07) is 96.8. The van der Waals surface area contributed by atoms with Crippen LogP contribution in [0, 0.1) is 0 Å². The van der Waals surface area contributed by atoms with Crippen molar-refractivity contribution >= 4 is 0 Å². The Bertz CT molecular complexity index is 3570. The van der Waals surface area contributed by atoms with Gasteiger partial charge in [0.15, 0.2) is 0 Å². The highest BCUT2D eigenvalue weighted by molar-refractivity contribution is 5.95. The SMILES string of the molecule is c1ccc(-c2ccc(-c3cc(-c4ccc(-c5ccccc5)cc4)nc(-c4ccc5c(c4)C4(c6ccccc6-5)c5ccccc5C5(c6ccccc6-c6ccccc65)c5ccccc54)c3)cc2)cc1. The van der Waals surface area contributed by atoms with E-state index >= 15 is 0 Å². The summed E-state index contributed by atoms with van der Waals surface area (Å²) in [5.74, 6) is 0. The molecule has 1 aromatic heterocycles. The van der Waals surface area contributed by atoms with Crippen molar-refractivity contribution in [3.8, 4) is 78.1 Å². The van der Waals surface area contributed by atoms with Gasteiger partial charge in [-0.2, -0.15) is 0 Å². The summed E-state index contributed by atoms with van der Waals surface area (Å²) in [6.45, 7) is 0. The highest BCUT2D eigenvalue weighted by Crippen LogP contribution is 2.67. The predicted octanol–water partition coefficient (Wildman–Crippen LogP) is 16.5. The minimum Gasteiger partial charge on any atom is -0.248 e. The summed E-state index contributed by atoms with van der Waals surface area (Å²) < 4.78 is 0. The molecule has 316 valence electrons. The molecule has 0 bridgehead atoms. The largest absolute Gasteiger partial charge is 0.248 e. The Morgan fingerprint density at radius 1 is 0.191 bits per heavy atom. The average Bonchev–Trinajstić information content (AvgIpc) is 3.89. The summed E-state index contributed by atoms with van der Waals surface area (Å²) in [5, 5.41) is 0. The fourth-order valence-electron chi connectivity index (χ4n) is 12.3. The second kappa shape index (κ2) is 14.9. The Kier molecular flexibility index (Phi) is 8.48. The zero-order valence-electron chi connectivity index (χ0n) is 37.3. The summed E-state index contributed by atoms with van der Waals surface area (Å²) >= 11 is 0. The van der Waals surface area contributed by atoms with Crippen molar-refractivity contribution in [3.05, 3.63) is 305 Å². The van der Waals surface area contributed by atoms with E-state index in [0.717, 1.165) is 33.6 Å². The first-order valence-corrected chi connectivity index (χ1v) is 23.7. The first kappa shape index (κ1) is 38.6. The van der Waals surface area contributed by atoms with Gasteiger partial charge in [0.25, 0.3) is 0 Å². The predicted molar refractivity (Wildman–Crippen MR) is 280 cm³/mol. The van der Waals surface area contributed by atoms with Gasteiger partial charge in [0, 0.05) is 11.1 Å². The lowest BCUT2D eigenvalue weighted by Crippen LogP contribution is -2.43. The van der Waals surface area contributed by atoms with E-state index in [0.29, 0.717) is 0 Å². The van der Waals surface area contributed by atoms with Crippen LogP contribution in [-0.4, -0.2) is 4.98 Å². The van der Waals surface area contributed by atoms with Gasteiger partial charge in [-0.15, -0.1) is 0 Å². The molecule has 1 heterocycles. The van der Waals surface area contributed by atoms with Gasteiger partial charge in [-0.25, -0.2) is 4.98 Å². The summed E-state index contributed by atoms with van der Waals surface area (Å²) in [6.07, 6.45) is 0. The van der Waals surface area contributed by atoms with Gasteiger partial charge in [0.2, 0.25) is 0 Å². The average molecular weight is 862 g/mol. The highest BCUT2D eigenvalue weighted by Gasteiger charge is 2.58. The van der Waals surface area contributed by atoms with Crippen molar-refractivity contribution in [2.45, 2.75) is 10.8 Å². The summed E-state index contributed by atoms with van der Waals surface area (Å²) in [7, 11) is 0. The maximum Gasteiger partial charge on any atom is 0.0720 e. The van der Waals surface area contributed by atoms with Crippen LogP contribution in [0.4, 0.5) is 0 Å². The second-order valence-electron chi connectivity index (χ2n) is 18.5. The first-order chi connectivity index (χ1) is 33.7. The van der Waals surface area contributed by atoms with Gasteiger partial charge in [-0.05, 0) is 118 Å². The molecule has 0 saturated heterocycles. The molecule has 14 rings (SSSR count). The number of fused-ring (bicyclic) bond motifs is 16. The molecule has 3 aliphatic rings. The number of pyridine rings is 1. The van der Waals surface area contributed by atoms with E-state index in [1.807, 2.05) is 0 Å². The van der Waals surface area contributed by atoms with Crippen molar-refractivity contribution in [3.63, 3.8) is 0 Å². The first-order valence-electron chi connectivity index (χ1n) is 23.7. The molecule has 0 fully saturated rings. The van der Waals surface area contributed by atoms with E-state index < -0.39 is 10.8 Å². The van der Waals surface area contributed by atoms with Crippen LogP contribution in [-0.2, 0) is 10.8 Å². The van der Waals surface area contributed by atoms with Crippen molar-refractivity contribution in [2.75, 3.05) is 0 Å². The molecule has 11 aromatic rings. The molecule has 1 heteroatoms. The van der Waals surface area contributed by atoms with E-state index in [4.69, 9.17) is 4.98 Å². The monoisotopic (exact) mass is 861 g/mol. The molecular formula is C67H43N. The zero-order valence-corrected chi connectivity index (χ0v) is 37.3. The lowest BCUT2D eigenvalue weighted by atomic mass is 9.52. The number of benzene rings is 10. The smallest absolute Gasteiger partial charge is 0.0720 e. The van der Waals surface area contributed by atoms with Crippen LogP contribution >= 0.6 is 0 Å². The molecule has 0 aliphatic heterocycles. The number of nitrogens with zero attached hydrogens (tertiary/aromatic N) is 1. The quantitative estimate of drug-likeness (QED) is 0.168. The van der Waals surface area contributed by atoms with Crippen LogP contribution in [0.1, 0.15) is 44.5 Å². The third-order valence-corrected chi connectivity index (χ3v) is 15.2.